The van der Waals surface area contributed by atoms with Crippen molar-refractivity contribution in [3.8, 4) is 112 Å². The minimum absolute atomic E-state index is 0.715. The van der Waals surface area contributed by atoms with Gasteiger partial charge in [0.25, 0.3) is 0 Å². The summed E-state index contributed by atoms with van der Waals surface area (Å²) in [6.45, 7) is 0. The molecule has 4 nitrogen and oxygen atoms in total. The first-order valence-electron chi connectivity index (χ1n) is 36.3. The minimum atomic E-state index is 0.715. The van der Waals surface area contributed by atoms with Gasteiger partial charge in [-0.05, 0) is 163 Å². The highest BCUT2D eigenvalue weighted by Gasteiger charge is 2.22. The van der Waals surface area contributed by atoms with Crippen molar-refractivity contribution < 1.29 is 0 Å². The fourth-order valence-electron chi connectivity index (χ4n) is 15.7. The van der Waals surface area contributed by atoms with Gasteiger partial charge in [-0.25, -0.2) is 19.9 Å². The van der Waals surface area contributed by atoms with Crippen LogP contribution in [0.1, 0.15) is 0 Å². The number of rotatable bonds is 10. The molecule has 16 aromatic carbocycles. The molecule has 0 aliphatic heterocycles. The molecule has 6 heterocycles. The van der Waals surface area contributed by atoms with Gasteiger partial charge in [0.05, 0.1) is 22.8 Å². The summed E-state index contributed by atoms with van der Waals surface area (Å²) >= 11 is 7.44. The molecule has 0 amide bonds. The van der Waals surface area contributed by atoms with E-state index >= 15 is 0 Å². The average molecular weight is 1450 g/mol. The Morgan fingerprint density at radius 3 is 0.889 bits per heavy atom. The van der Waals surface area contributed by atoms with Crippen LogP contribution in [0.3, 0.4) is 0 Å². The Labute approximate surface area is 638 Å². The van der Waals surface area contributed by atoms with Crippen molar-refractivity contribution in [2.45, 2.75) is 0 Å². The van der Waals surface area contributed by atoms with Crippen molar-refractivity contribution >= 4 is 148 Å². The third-order valence-electron chi connectivity index (χ3n) is 21.0. The molecular weight excluding hydrogens is 1390 g/mol. The van der Waals surface area contributed by atoms with E-state index in [0.29, 0.717) is 11.6 Å². The summed E-state index contributed by atoms with van der Waals surface area (Å²) in [5.41, 5.74) is 19.3. The molecule has 0 radical (unpaired) electrons. The SMILES string of the molecule is c1ccc(-c2cc(-c3cc(-c4ccc5sc6ccccc6c5c4)cc(-c4ccc5sc6ccccc6c5c4)c3)nc(-c3cccc4ccccc34)n2)cc1.c1ccc(-c2cc(-c3cc(-c4cccc5c4sc4ccccc45)cc(-c4cccc5c4sc4ccccc45)c3)nc(-c3cccc4ccccc34)n2)cc1. The van der Waals surface area contributed by atoms with E-state index in [1.807, 2.05) is 51.4 Å². The third kappa shape index (κ3) is 11.4. The lowest BCUT2D eigenvalue weighted by Crippen LogP contribution is -1.97. The van der Waals surface area contributed by atoms with Crippen LogP contribution in [0.25, 0.3) is 215 Å². The first-order valence-corrected chi connectivity index (χ1v) is 39.5. The van der Waals surface area contributed by atoms with Gasteiger partial charge in [0.1, 0.15) is 0 Å². The number of benzene rings is 16. The van der Waals surface area contributed by atoms with Crippen LogP contribution in [0.2, 0.25) is 0 Å². The highest BCUT2D eigenvalue weighted by atomic mass is 32.1. The van der Waals surface area contributed by atoms with Crippen LogP contribution in [0.15, 0.2) is 364 Å². The van der Waals surface area contributed by atoms with Gasteiger partial charge < -0.3 is 0 Å². The highest BCUT2D eigenvalue weighted by molar-refractivity contribution is 7.27. The molecule has 108 heavy (non-hydrogen) atoms. The van der Waals surface area contributed by atoms with E-state index in [4.69, 9.17) is 19.9 Å². The van der Waals surface area contributed by atoms with Gasteiger partial charge in [-0.15, -0.1) is 45.3 Å². The predicted molar refractivity (Wildman–Crippen MR) is 465 cm³/mol. The van der Waals surface area contributed by atoms with E-state index in [1.54, 1.807) is 0 Å². The van der Waals surface area contributed by atoms with Gasteiger partial charge in [-0.3, -0.25) is 0 Å². The highest BCUT2D eigenvalue weighted by Crippen LogP contribution is 2.47. The van der Waals surface area contributed by atoms with E-state index < -0.39 is 0 Å². The Bertz CT molecular complexity index is 7060. The molecule has 22 aromatic rings. The molecule has 0 saturated carbocycles. The van der Waals surface area contributed by atoms with Gasteiger partial charge in [0.2, 0.25) is 0 Å². The Morgan fingerprint density at radius 1 is 0.157 bits per heavy atom. The van der Waals surface area contributed by atoms with E-state index in [-0.39, 0.29) is 0 Å². The van der Waals surface area contributed by atoms with E-state index in [9.17, 15) is 0 Å². The van der Waals surface area contributed by atoms with Crippen molar-refractivity contribution in [2.24, 2.45) is 0 Å². The Morgan fingerprint density at radius 2 is 0.454 bits per heavy atom. The van der Waals surface area contributed by atoms with Crippen molar-refractivity contribution in [3.63, 3.8) is 0 Å². The van der Waals surface area contributed by atoms with Gasteiger partial charge in [0.15, 0.2) is 11.6 Å². The van der Waals surface area contributed by atoms with E-state index in [2.05, 4.69) is 358 Å². The second kappa shape index (κ2) is 26.6. The standard InChI is InChI=1S/2C50H30N2S2/c1-2-14-32(15-3-1)44-30-45(52-50(51-44)43-24-10-16-31-13-4-5-17-36(31)43)35-28-33(37-20-11-22-41-39-18-6-8-25-46(39)53-48(37)41)27-34(29-35)38-21-12-23-42-40-19-7-9-26-47(40)54-49(38)42;1-2-12-32(13-3-1)44-30-45(52-50(51-44)41-18-10-14-31-11-4-5-15-38(31)41)37-26-35(33-21-23-48-42(28-33)39-16-6-8-19-46(39)53-48)25-36(27-37)34-22-24-49-43(29-34)40-17-7-9-20-47(40)54-49/h2*1-30H. The molecule has 0 saturated heterocycles. The summed E-state index contributed by atoms with van der Waals surface area (Å²) in [6.07, 6.45) is 0. The number of hydrogen-bond acceptors (Lipinski definition) is 8. The number of hydrogen-bond donors (Lipinski definition) is 0. The Hall–Kier alpha value is -12.9. The van der Waals surface area contributed by atoms with Crippen LogP contribution >= 0.6 is 45.3 Å². The normalized spacial score (nSPS) is 11.7. The summed E-state index contributed by atoms with van der Waals surface area (Å²) in [7, 11) is 0. The number of fused-ring (bicyclic) bond motifs is 14. The van der Waals surface area contributed by atoms with Gasteiger partial charge in [0, 0.05) is 114 Å². The third-order valence-corrected chi connectivity index (χ3v) is 25.7. The second-order valence-electron chi connectivity index (χ2n) is 27.5. The fourth-order valence-corrected chi connectivity index (χ4v) is 20.4. The van der Waals surface area contributed by atoms with Crippen LogP contribution < -0.4 is 0 Å². The summed E-state index contributed by atoms with van der Waals surface area (Å²) in [5, 5.41) is 15.0. The van der Waals surface area contributed by atoms with E-state index in [0.717, 1.165) is 78.1 Å². The molecule has 22 rings (SSSR count). The maximum atomic E-state index is 5.41. The molecule has 0 bridgehead atoms. The molecular formula is C100H60N4S4. The van der Waals surface area contributed by atoms with Crippen LogP contribution in [0.5, 0.6) is 0 Å². The lowest BCUT2D eigenvalue weighted by molar-refractivity contribution is 1.19. The molecule has 0 aliphatic carbocycles. The first kappa shape index (κ1) is 63.5. The predicted octanol–water partition coefficient (Wildman–Crippen LogP) is 29.4. The molecule has 8 heteroatoms. The monoisotopic (exact) mass is 1440 g/mol. The largest absolute Gasteiger partial charge is 0.228 e. The molecule has 0 unspecified atom stereocenters. The molecule has 6 aromatic heterocycles. The summed E-state index contributed by atoms with van der Waals surface area (Å²) in [6, 6.07) is 131. The lowest BCUT2D eigenvalue weighted by atomic mass is 9.93. The molecule has 0 atom stereocenters. The molecule has 0 fully saturated rings. The van der Waals surface area contributed by atoms with Crippen LogP contribution in [-0.4, -0.2) is 19.9 Å². The van der Waals surface area contributed by atoms with Crippen molar-refractivity contribution in [1.29, 1.82) is 0 Å². The maximum absolute atomic E-state index is 5.41. The average Bonchev–Trinajstić information content (AvgIpc) is 1.54. The van der Waals surface area contributed by atoms with Crippen LogP contribution in [0, 0.1) is 0 Å². The molecule has 504 valence electrons. The molecule has 0 spiro atoms. The van der Waals surface area contributed by atoms with Crippen molar-refractivity contribution in [1.82, 2.24) is 19.9 Å². The van der Waals surface area contributed by atoms with E-state index in [1.165, 1.54) is 125 Å². The number of aromatic nitrogens is 4. The quantitative estimate of drug-likeness (QED) is 0.137. The van der Waals surface area contributed by atoms with Crippen LogP contribution in [-0.2, 0) is 0 Å². The van der Waals surface area contributed by atoms with Crippen molar-refractivity contribution in [2.75, 3.05) is 0 Å². The zero-order valence-electron chi connectivity index (χ0n) is 58.1. The Kier molecular flexibility index (Phi) is 15.6. The molecule has 0 aliphatic rings. The summed E-state index contributed by atoms with van der Waals surface area (Å²) in [4.78, 5) is 21.2. The maximum Gasteiger partial charge on any atom is 0.161 e. The van der Waals surface area contributed by atoms with Crippen LogP contribution in [0.4, 0.5) is 0 Å². The number of thiophene rings is 4. The zero-order chi connectivity index (χ0) is 71.2. The van der Waals surface area contributed by atoms with Gasteiger partial charge in [-0.1, -0.05) is 267 Å². The first-order chi connectivity index (χ1) is 53.5. The van der Waals surface area contributed by atoms with Gasteiger partial charge >= 0.3 is 0 Å². The Balaban J connectivity index is 0.000000138. The summed E-state index contributed by atoms with van der Waals surface area (Å²) < 4.78 is 10.4. The van der Waals surface area contributed by atoms with Crippen molar-refractivity contribution in [3.05, 3.63) is 364 Å². The minimum Gasteiger partial charge on any atom is -0.228 e. The second-order valence-corrected chi connectivity index (χ2v) is 31.8. The fraction of sp³-hybridized carbons (Fsp3) is 0. The lowest BCUT2D eigenvalue weighted by Gasteiger charge is -2.14. The number of nitrogens with zero attached hydrogens (tertiary/aromatic N) is 4. The summed E-state index contributed by atoms with van der Waals surface area (Å²) in [5.74, 6) is 1.43. The van der Waals surface area contributed by atoms with Gasteiger partial charge in [-0.2, -0.15) is 0 Å². The topological polar surface area (TPSA) is 51.6 Å². The zero-order valence-corrected chi connectivity index (χ0v) is 61.3. The smallest absolute Gasteiger partial charge is 0.161 e. The molecule has 0 N–H and O–H groups in total.